The quantitative estimate of drug-likeness (QED) is 0.219. The fourth-order valence-electron chi connectivity index (χ4n) is 4.40. The zero-order chi connectivity index (χ0) is 25.9. The summed E-state index contributed by atoms with van der Waals surface area (Å²) in [4.78, 5) is 22.5. The minimum atomic E-state index is -1.58. The third kappa shape index (κ3) is 5.00. The summed E-state index contributed by atoms with van der Waals surface area (Å²) in [5.74, 6) is -0.536. The van der Waals surface area contributed by atoms with Crippen molar-refractivity contribution in [2.45, 2.75) is 69.7 Å². The number of fused-ring (bicyclic) bond motifs is 2. The molecule has 0 bridgehead atoms. The zero-order valence-corrected chi connectivity index (χ0v) is 21.2. The molecule has 0 spiro atoms. The average molecular weight is 501 g/mol. The van der Waals surface area contributed by atoms with Crippen LogP contribution in [0.15, 0.2) is 23.5 Å². The number of hydrogen-bond acceptors (Lipinski definition) is 10. The van der Waals surface area contributed by atoms with E-state index in [1.165, 1.54) is 6.33 Å². The molecular formula is C24H32N6O6. The standard InChI is InChI=1S/C24H32N6O6/c1-6-7-8-11-32-22(31)33-12-17-19-20(36-23(2,3)35-19)24(13-25,34-17)18-10-9-16-21(27-15-29(4)5)26-14-28-30(16)18/h9-10,14-15,17,19-20H,6-8,11-12H2,1-5H3/t17-,19-,20-,24+/m1/s1. The highest BCUT2D eigenvalue weighted by Gasteiger charge is 2.65. The second-order valence-electron chi connectivity index (χ2n) is 9.45. The molecular weight excluding hydrogens is 468 g/mol. The number of rotatable bonds is 9. The number of aliphatic imine (C=N–C) groups is 1. The fourth-order valence-corrected chi connectivity index (χ4v) is 4.40. The van der Waals surface area contributed by atoms with Crippen molar-refractivity contribution in [3.8, 4) is 6.07 Å². The molecule has 2 aromatic heterocycles. The number of unbranched alkanes of at least 4 members (excludes halogenated alkanes) is 2. The molecule has 2 fully saturated rings. The van der Waals surface area contributed by atoms with Gasteiger partial charge in [0, 0.05) is 14.1 Å². The number of nitrogens with zero attached hydrogens (tertiary/aromatic N) is 6. The van der Waals surface area contributed by atoms with Crippen LogP contribution >= 0.6 is 0 Å². The second kappa shape index (κ2) is 10.4. The highest BCUT2D eigenvalue weighted by atomic mass is 16.8. The minimum absolute atomic E-state index is 0.159. The molecule has 0 saturated carbocycles. The van der Waals surface area contributed by atoms with Gasteiger partial charge in [-0.05, 0) is 32.4 Å². The second-order valence-corrected chi connectivity index (χ2v) is 9.45. The number of carbonyl (C=O) groups excluding carboxylic acids is 1. The van der Waals surface area contributed by atoms with Crippen LogP contribution in [0.4, 0.5) is 10.6 Å². The lowest BCUT2D eigenvalue weighted by atomic mass is 9.92. The molecule has 4 heterocycles. The van der Waals surface area contributed by atoms with Crippen LogP contribution in [0.1, 0.15) is 45.7 Å². The molecule has 0 radical (unpaired) electrons. The van der Waals surface area contributed by atoms with E-state index in [4.69, 9.17) is 23.7 Å². The van der Waals surface area contributed by atoms with Gasteiger partial charge in [0.25, 0.3) is 0 Å². The molecule has 2 aliphatic heterocycles. The van der Waals surface area contributed by atoms with Crippen LogP contribution in [0.25, 0.3) is 5.52 Å². The lowest BCUT2D eigenvalue weighted by Crippen LogP contribution is -2.40. The normalized spacial score (nSPS) is 26.7. The van der Waals surface area contributed by atoms with Gasteiger partial charge in [0.15, 0.2) is 11.6 Å². The van der Waals surface area contributed by atoms with Crippen molar-refractivity contribution in [2.75, 3.05) is 27.3 Å². The monoisotopic (exact) mass is 500 g/mol. The van der Waals surface area contributed by atoms with E-state index < -0.39 is 35.9 Å². The fraction of sp³-hybridized carbons (Fsp3) is 0.625. The lowest BCUT2D eigenvalue weighted by Gasteiger charge is -2.28. The molecule has 2 aliphatic rings. The van der Waals surface area contributed by atoms with Crippen LogP contribution in [0.5, 0.6) is 0 Å². The van der Waals surface area contributed by atoms with Crippen molar-refractivity contribution in [3.63, 3.8) is 0 Å². The van der Waals surface area contributed by atoms with E-state index in [-0.39, 0.29) is 13.2 Å². The summed E-state index contributed by atoms with van der Waals surface area (Å²) in [5.41, 5.74) is -0.556. The molecule has 12 nitrogen and oxygen atoms in total. The SMILES string of the molecule is CCCCCOC(=O)OC[C@H]1O[C@@](C#N)(c2ccc3c(N=CN(C)C)ncnn23)[C@@H]2OC(C)(C)O[C@@H]21. The average Bonchev–Trinajstić information content (AvgIpc) is 3.49. The molecule has 12 heteroatoms. The highest BCUT2D eigenvalue weighted by molar-refractivity contribution is 5.71. The van der Waals surface area contributed by atoms with Crippen molar-refractivity contribution in [2.24, 2.45) is 4.99 Å². The lowest BCUT2D eigenvalue weighted by molar-refractivity contribution is -0.205. The third-order valence-corrected chi connectivity index (χ3v) is 5.96. The van der Waals surface area contributed by atoms with Crippen molar-refractivity contribution in [1.29, 1.82) is 5.26 Å². The Kier molecular flexibility index (Phi) is 7.44. The predicted octanol–water partition coefficient (Wildman–Crippen LogP) is 2.93. The molecule has 4 atom stereocenters. The number of carbonyl (C=O) groups is 1. The number of nitriles is 1. The Balaban J connectivity index is 1.61. The van der Waals surface area contributed by atoms with Gasteiger partial charge in [-0.1, -0.05) is 19.8 Å². The molecule has 194 valence electrons. The summed E-state index contributed by atoms with van der Waals surface area (Å²) in [5, 5.41) is 14.8. The van der Waals surface area contributed by atoms with Gasteiger partial charge in [0.1, 0.15) is 42.8 Å². The van der Waals surface area contributed by atoms with Crippen molar-refractivity contribution in [1.82, 2.24) is 19.5 Å². The van der Waals surface area contributed by atoms with Crippen LogP contribution in [-0.4, -0.2) is 83.4 Å². The van der Waals surface area contributed by atoms with E-state index in [2.05, 4.69) is 28.1 Å². The number of ether oxygens (including phenoxy) is 5. The van der Waals surface area contributed by atoms with E-state index in [9.17, 15) is 10.1 Å². The Morgan fingerprint density at radius 2 is 2.08 bits per heavy atom. The van der Waals surface area contributed by atoms with E-state index in [1.54, 1.807) is 41.7 Å². The largest absolute Gasteiger partial charge is 0.508 e. The van der Waals surface area contributed by atoms with E-state index >= 15 is 0 Å². The molecule has 0 N–H and O–H groups in total. The first-order chi connectivity index (χ1) is 17.2. The predicted molar refractivity (Wildman–Crippen MR) is 128 cm³/mol. The van der Waals surface area contributed by atoms with Crippen LogP contribution in [0, 0.1) is 11.3 Å². The van der Waals surface area contributed by atoms with Crippen LogP contribution in [-0.2, 0) is 29.3 Å². The van der Waals surface area contributed by atoms with Gasteiger partial charge in [-0.25, -0.2) is 19.3 Å². The molecule has 0 amide bonds. The van der Waals surface area contributed by atoms with Gasteiger partial charge in [0.2, 0.25) is 5.60 Å². The molecule has 2 aromatic rings. The Hall–Kier alpha value is -3.27. The Bertz CT molecular complexity index is 1160. The molecule has 0 aliphatic carbocycles. The van der Waals surface area contributed by atoms with Gasteiger partial charge in [0.05, 0.1) is 18.6 Å². The molecule has 4 rings (SSSR count). The first kappa shape index (κ1) is 25.8. The minimum Gasteiger partial charge on any atom is -0.434 e. The maximum Gasteiger partial charge on any atom is 0.508 e. The number of hydrogen-bond donors (Lipinski definition) is 0. The van der Waals surface area contributed by atoms with E-state index in [0.717, 1.165) is 19.3 Å². The first-order valence-corrected chi connectivity index (χ1v) is 12.0. The summed E-state index contributed by atoms with van der Waals surface area (Å²) in [6, 6.07) is 5.80. The van der Waals surface area contributed by atoms with Crippen molar-refractivity contribution < 1.29 is 28.5 Å². The molecule has 0 aromatic carbocycles. The summed E-state index contributed by atoms with van der Waals surface area (Å²) in [6.45, 7) is 5.72. The highest BCUT2D eigenvalue weighted by Crippen LogP contribution is 2.49. The van der Waals surface area contributed by atoms with E-state index in [1.807, 2.05) is 14.1 Å². The van der Waals surface area contributed by atoms with Crippen LogP contribution in [0.2, 0.25) is 0 Å². The topological polar surface area (TPSA) is 133 Å². The number of aromatic nitrogens is 3. The van der Waals surface area contributed by atoms with Crippen molar-refractivity contribution in [3.05, 3.63) is 24.2 Å². The molecule has 2 saturated heterocycles. The maximum absolute atomic E-state index is 12.1. The summed E-state index contributed by atoms with van der Waals surface area (Å²) >= 11 is 0. The Morgan fingerprint density at radius 3 is 2.81 bits per heavy atom. The van der Waals surface area contributed by atoms with Crippen molar-refractivity contribution >= 4 is 23.8 Å². The van der Waals surface area contributed by atoms with Gasteiger partial charge in [-0.3, -0.25) is 0 Å². The summed E-state index contributed by atoms with van der Waals surface area (Å²) in [7, 11) is 3.70. The Labute approximate surface area is 209 Å². The van der Waals surface area contributed by atoms with E-state index in [0.29, 0.717) is 17.0 Å². The van der Waals surface area contributed by atoms with Crippen LogP contribution < -0.4 is 0 Å². The zero-order valence-electron chi connectivity index (χ0n) is 21.2. The molecule has 0 unspecified atom stereocenters. The molecule has 36 heavy (non-hydrogen) atoms. The Morgan fingerprint density at radius 1 is 1.28 bits per heavy atom. The summed E-state index contributed by atoms with van der Waals surface area (Å²) in [6.07, 6.45) is 2.72. The van der Waals surface area contributed by atoms with Crippen LogP contribution in [0.3, 0.4) is 0 Å². The van der Waals surface area contributed by atoms with Gasteiger partial charge in [-0.15, -0.1) is 0 Å². The summed E-state index contributed by atoms with van der Waals surface area (Å²) < 4.78 is 30.5. The first-order valence-electron chi connectivity index (χ1n) is 12.0. The maximum atomic E-state index is 12.1. The third-order valence-electron chi connectivity index (χ3n) is 5.96. The van der Waals surface area contributed by atoms with Gasteiger partial charge in [-0.2, -0.15) is 10.4 Å². The van der Waals surface area contributed by atoms with Gasteiger partial charge >= 0.3 is 6.16 Å². The van der Waals surface area contributed by atoms with Gasteiger partial charge < -0.3 is 28.6 Å². The smallest absolute Gasteiger partial charge is 0.434 e.